The van der Waals surface area contributed by atoms with E-state index in [1.54, 1.807) is 0 Å². The first-order valence-corrected chi connectivity index (χ1v) is 5.74. The van der Waals surface area contributed by atoms with Crippen LogP contribution in [0.2, 0.25) is 0 Å². The number of rotatable bonds is 3. The van der Waals surface area contributed by atoms with Gasteiger partial charge in [0.2, 0.25) is 11.8 Å². The topological polar surface area (TPSA) is 57.6 Å². The van der Waals surface area contributed by atoms with Crippen LogP contribution in [0, 0.1) is 11.3 Å². The second kappa shape index (κ2) is 4.53. The van der Waals surface area contributed by atoms with Gasteiger partial charge in [-0.05, 0) is 18.3 Å². The maximum atomic E-state index is 11.9. The first-order valence-electron chi connectivity index (χ1n) is 5.74. The number of aliphatic hydroxyl groups excluding tert-OH is 1. The van der Waals surface area contributed by atoms with E-state index in [2.05, 4.69) is 0 Å². The van der Waals surface area contributed by atoms with Gasteiger partial charge in [-0.2, -0.15) is 0 Å². The number of hydrogen-bond donors (Lipinski definition) is 1. The third-order valence-electron chi connectivity index (χ3n) is 3.32. The van der Waals surface area contributed by atoms with Gasteiger partial charge in [-0.25, -0.2) is 0 Å². The van der Waals surface area contributed by atoms with E-state index < -0.39 is 0 Å². The summed E-state index contributed by atoms with van der Waals surface area (Å²) in [5.41, 5.74) is -0.229. The van der Waals surface area contributed by atoms with Crippen LogP contribution in [0.3, 0.4) is 0 Å². The smallest absolute Gasteiger partial charge is 0.229 e. The van der Waals surface area contributed by atoms with E-state index in [1.165, 1.54) is 4.90 Å². The Kier molecular flexibility index (Phi) is 3.73. The summed E-state index contributed by atoms with van der Waals surface area (Å²) >= 11 is 0. The highest BCUT2D eigenvalue weighted by Crippen LogP contribution is 2.33. The van der Waals surface area contributed by atoms with E-state index in [-0.39, 0.29) is 35.8 Å². The van der Waals surface area contributed by atoms with Gasteiger partial charge in [0, 0.05) is 25.5 Å². The van der Waals surface area contributed by atoms with Crippen LogP contribution in [0.4, 0.5) is 0 Å². The van der Waals surface area contributed by atoms with Crippen molar-refractivity contribution in [2.75, 3.05) is 6.61 Å². The van der Waals surface area contributed by atoms with Gasteiger partial charge in [-0.1, -0.05) is 20.8 Å². The Morgan fingerprint density at radius 1 is 1.25 bits per heavy atom. The van der Waals surface area contributed by atoms with Crippen LogP contribution >= 0.6 is 0 Å². The number of hydrogen-bond acceptors (Lipinski definition) is 3. The molecule has 92 valence electrons. The minimum Gasteiger partial charge on any atom is -0.396 e. The maximum absolute atomic E-state index is 11.9. The first kappa shape index (κ1) is 13.2. The lowest BCUT2D eigenvalue weighted by Gasteiger charge is -2.39. The number of piperidine rings is 1. The van der Waals surface area contributed by atoms with Crippen LogP contribution in [0.15, 0.2) is 0 Å². The van der Waals surface area contributed by atoms with Crippen molar-refractivity contribution in [1.82, 2.24) is 4.90 Å². The van der Waals surface area contributed by atoms with Gasteiger partial charge in [-0.3, -0.25) is 14.5 Å². The van der Waals surface area contributed by atoms with Gasteiger partial charge in [0.05, 0.1) is 0 Å². The minimum atomic E-state index is -0.229. The van der Waals surface area contributed by atoms with Crippen LogP contribution in [-0.4, -0.2) is 34.5 Å². The summed E-state index contributed by atoms with van der Waals surface area (Å²) in [4.78, 5) is 25.1. The molecular formula is C12H21NO3. The lowest BCUT2D eigenvalue weighted by Crippen LogP contribution is -2.52. The Labute approximate surface area is 96.6 Å². The van der Waals surface area contributed by atoms with E-state index in [4.69, 9.17) is 5.11 Å². The van der Waals surface area contributed by atoms with Gasteiger partial charge in [0.25, 0.3) is 0 Å². The maximum Gasteiger partial charge on any atom is 0.229 e. The van der Waals surface area contributed by atoms with Crippen LogP contribution < -0.4 is 0 Å². The lowest BCUT2D eigenvalue weighted by molar-refractivity contribution is -0.156. The van der Waals surface area contributed by atoms with Crippen molar-refractivity contribution in [3.05, 3.63) is 0 Å². The summed E-state index contributed by atoms with van der Waals surface area (Å²) in [6.07, 6.45) is 0.808. The van der Waals surface area contributed by atoms with Crippen molar-refractivity contribution in [3.63, 3.8) is 0 Å². The second-order valence-electron chi connectivity index (χ2n) is 5.58. The molecule has 1 fully saturated rings. The number of amides is 2. The molecular weight excluding hydrogens is 206 g/mol. The molecule has 1 rings (SSSR count). The Hall–Kier alpha value is -0.900. The molecule has 0 spiro atoms. The Bertz CT molecular complexity index is 279. The molecule has 1 heterocycles. The summed E-state index contributed by atoms with van der Waals surface area (Å²) < 4.78 is 0. The summed E-state index contributed by atoms with van der Waals surface area (Å²) in [6, 6.07) is -0.221. The number of carbonyl (C=O) groups is 2. The van der Waals surface area contributed by atoms with Gasteiger partial charge in [-0.15, -0.1) is 0 Å². The third-order valence-corrected chi connectivity index (χ3v) is 3.32. The van der Waals surface area contributed by atoms with Crippen LogP contribution in [-0.2, 0) is 9.59 Å². The zero-order valence-electron chi connectivity index (χ0n) is 10.5. The molecule has 0 aromatic rings. The van der Waals surface area contributed by atoms with E-state index in [0.717, 1.165) is 0 Å². The molecule has 1 aliphatic heterocycles. The quantitative estimate of drug-likeness (QED) is 0.736. The van der Waals surface area contributed by atoms with Gasteiger partial charge >= 0.3 is 0 Å². The average molecular weight is 227 g/mol. The summed E-state index contributed by atoms with van der Waals surface area (Å²) in [6.45, 7) is 7.50. The molecule has 1 aliphatic rings. The Morgan fingerprint density at radius 3 is 2.06 bits per heavy atom. The highest BCUT2D eigenvalue weighted by molar-refractivity contribution is 5.98. The highest BCUT2D eigenvalue weighted by atomic mass is 16.3. The normalized spacial score (nSPS) is 24.4. The first-order chi connectivity index (χ1) is 7.28. The average Bonchev–Trinajstić information content (AvgIpc) is 2.13. The minimum absolute atomic E-state index is 0.0123. The summed E-state index contributed by atoms with van der Waals surface area (Å²) in [5, 5.41) is 9.06. The Morgan fingerprint density at radius 2 is 1.69 bits per heavy atom. The summed E-state index contributed by atoms with van der Waals surface area (Å²) in [7, 11) is 0. The van der Waals surface area contributed by atoms with Crippen LogP contribution in [0.25, 0.3) is 0 Å². The standard InChI is InChI=1S/C12H21NO3/c1-8(7-14)9(2)13-10(15)5-12(3,4)6-11(13)16/h8-9,14H,5-7H2,1-4H3. The molecule has 2 unspecified atom stereocenters. The summed E-state index contributed by atoms with van der Waals surface area (Å²) in [5.74, 6) is -0.308. The van der Waals surface area contributed by atoms with Crippen molar-refractivity contribution in [2.45, 2.75) is 46.6 Å². The molecule has 4 nitrogen and oxygen atoms in total. The van der Waals surface area contributed by atoms with Crippen molar-refractivity contribution >= 4 is 11.8 Å². The third kappa shape index (κ3) is 2.61. The second-order valence-corrected chi connectivity index (χ2v) is 5.58. The van der Waals surface area contributed by atoms with Gasteiger partial charge in [0.15, 0.2) is 0 Å². The number of aliphatic hydroxyl groups is 1. The molecule has 0 aromatic heterocycles. The molecule has 2 atom stereocenters. The number of nitrogens with zero attached hydrogens (tertiary/aromatic N) is 1. The lowest BCUT2D eigenvalue weighted by atomic mass is 9.81. The van der Waals surface area contributed by atoms with E-state index in [0.29, 0.717) is 12.8 Å². The van der Waals surface area contributed by atoms with Crippen molar-refractivity contribution in [1.29, 1.82) is 0 Å². The van der Waals surface area contributed by atoms with Crippen molar-refractivity contribution in [2.24, 2.45) is 11.3 Å². The molecule has 16 heavy (non-hydrogen) atoms. The van der Waals surface area contributed by atoms with E-state index in [1.807, 2.05) is 27.7 Å². The zero-order chi connectivity index (χ0) is 12.5. The van der Waals surface area contributed by atoms with Crippen LogP contribution in [0.5, 0.6) is 0 Å². The molecule has 0 radical (unpaired) electrons. The predicted molar refractivity (Wildman–Crippen MR) is 60.6 cm³/mol. The van der Waals surface area contributed by atoms with E-state index >= 15 is 0 Å². The number of imide groups is 1. The molecule has 0 saturated carbocycles. The SMILES string of the molecule is CC(CO)C(C)N1C(=O)CC(C)(C)CC1=O. The Balaban J connectivity index is 2.82. The van der Waals surface area contributed by atoms with Gasteiger partial charge in [0.1, 0.15) is 0 Å². The fraction of sp³-hybridized carbons (Fsp3) is 0.833. The largest absolute Gasteiger partial charge is 0.396 e. The zero-order valence-corrected chi connectivity index (χ0v) is 10.5. The number of likely N-dealkylation sites (tertiary alicyclic amines) is 1. The predicted octanol–water partition coefficient (Wildman–Crippen LogP) is 1.18. The molecule has 1 N–H and O–H groups in total. The van der Waals surface area contributed by atoms with E-state index in [9.17, 15) is 9.59 Å². The molecule has 1 saturated heterocycles. The molecule has 4 heteroatoms. The monoisotopic (exact) mass is 227 g/mol. The van der Waals surface area contributed by atoms with Gasteiger partial charge < -0.3 is 5.11 Å². The van der Waals surface area contributed by atoms with Crippen molar-refractivity contribution in [3.8, 4) is 0 Å². The highest BCUT2D eigenvalue weighted by Gasteiger charge is 2.40. The van der Waals surface area contributed by atoms with Crippen LogP contribution in [0.1, 0.15) is 40.5 Å². The molecule has 0 aromatic carbocycles. The number of carbonyl (C=O) groups excluding carboxylic acids is 2. The fourth-order valence-electron chi connectivity index (χ4n) is 2.05. The molecule has 0 aliphatic carbocycles. The fourth-order valence-corrected chi connectivity index (χ4v) is 2.05. The molecule has 0 bridgehead atoms. The molecule has 2 amide bonds. The van der Waals surface area contributed by atoms with Crippen molar-refractivity contribution < 1.29 is 14.7 Å².